The van der Waals surface area contributed by atoms with Gasteiger partial charge in [-0.3, -0.25) is 14.5 Å². The number of primary amides is 1. The van der Waals surface area contributed by atoms with Crippen molar-refractivity contribution in [2.75, 3.05) is 19.6 Å². The molecule has 1 aliphatic rings. The van der Waals surface area contributed by atoms with Crippen molar-refractivity contribution < 1.29 is 9.59 Å². The number of amides is 2. The summed E-state index contributed by atoms with van der Waals surface area (Å²) in [5.41, 5.74) is 6.33. The maximum Gasteiger partial charge on any atom is 0.234 e. The molecule has 1 heterocycles. The van der Waals surface area contributed by atoms with Gasteiger partial charge in [0.2, 0.25) is 11.8 Å². The van der Waals surface area contributed by atoms with Crippen LogP contribution in [-0.2, 0) is 9.59 Å². The highest BCUT2D eigenvalue weighted by Crippen LogP contribution is 2.18. The molecule has 0 bridgehead atoms. The fourth-order valence-electron chi connectivity index (χ4n) is 2.70. The standard InChI is InChI=1S/C16H22ClN3O2/c1-11(12-2-4-14(17)5-3-12)19-15(21)10-20-8-6-13(7-9-20)16(18)22/h2-5,11,13H,6-10H2,1H3,(H2,18,22)(H,19,21)/t11-/m0/s1. The summed E-state index contributed by atoms with van der Waals surface area (Å²) >= 11 is 5.86. The molecule has 22 heavy (non-hydrogen) atoms. The maximum absolute atomic E-state index is 12.1. The summed E-state index contributed by atoms with van der Waals surface area (Å²) in [7, 11) is 0. The molecule has 1 fully saturated rings. The van der Waals surface area contributed by atoms with E-state index in [0.717, 1.165) is 31.5 Å². The minimum absolute atomic E-state index is 0.0139. The van der Waals surface area contributed by atoms with Crippen LogP contribution in [0, 0.1) is 5.92 Å². The van der Waals surface area contributed by atoms with Gasteiger partial charge in [0.15, 0.2) is 0 Å². The van der Waals surface area contributed by atoms with E-state index in [1.54, 1.807) is 0 Å². The summed E-state index contributed by atoms with van der Waals surface area (Å²) in [6.07, 6.45) is 1.46. The number of piperidine rings is 1. The molecular weight excluding hydrogens is 302 g/mol. The van der Waals surface area contributed by atoms with Gasteiger partial charge in [-0.1, -0.05) is 23.7 Å². The number of hydrogen-bond donors (Lipinski definition) is 2. The first-order valence-electron chi connectivity index (χ1n) is 7.52. The molecule has 1 aromatic carbocycles. The van der Waals surface area contributed by atoms with Crippen molar-refractivity contribution >= 4 is 23.4 Å². The number of likely N-dealkylation sites (tertiary alicyclic amines) is 1. The molecule has 0 aromatic heterocycles. The SMILES string of the molecule is C[C@H](NC(=O)CN1CCC(C(N)=O)CC1)c1ccc(Cl)cc1. The highest BCUT2D eigenvalue weighted by atomic mass is 35.5. The number of nitrogens with zero attached hydrogens (tertiary/aromatic N) is 1. The number of halogens is 1. The second kappa shape index (κ2) is 7.61. The minimum atomic E-state index is -0.236. The Bertz CT molecular complexity index is 525. The van der Waals surface area contributed by atoms with E-state index in [-0.39, 0.29) is 23.8 Å². The topological polar surface area (TPSA) is 75.4 Å². The molecule has 1 aromatic rings. The Morgan fingerprint density at radius 3 is 2.45 bits per heavy atom. The van der Waals surface area contributed by atoms with Crippen LogP contribution in [0.5, 0.6) is 0 Å². The van der Waals surface area contributed by atoms with Gasteiger partial charge in [-0.05, 0) is 50.6 Å². The average molecular weight is 324 g/mol. The molecule has 1 atom stereocenters. The Labute approximate surface area is 135 Å². The Morgan fingerprint density at radius 2 is 1.91 bits per heavy atom. The van der Waals surface area contributed by atoms with E-state index in [0.29, 0.717) is 11.6 Å². The predicted molar refractivity (Wildman–Crippen MR) is 86.4 cm³/mol. The lowest BCUT2D eigenvalue weighted by atomic mass is 9.96. The first-order valence-corrected chi connectivity index (χ1v) is 7.90. The van der Waals surface area contributed by atoms with Crippen molar-refractivity contribution in [2.24, 2.45) is 11.7 Å². The van der Waals surface area contributed by atoms with Gasteiger partial charge in [0.1, 0.15) is 0 Å². The fourth-order valence-corrected chi connectivity index (χ4v) is 2.83. The maximum atomic E-state index is 12.1. The lowest BCUT2D eigenvalue weighted by Crippen LogP contribution is -2.44. The number of rotatable bonds is 5. The van der Waals surface area contributed by atoms with Gasteiger partial charge in [0, 0.05) is 10.9 Å². The Hall–Kier alpha value is -1.59. The lowest BCUT2D eigenvalue weighted by molar-refractivity contribution is -0.124. The van der Waals surface area contributed by atoms with E-state index in [1.807, 2.05) is 31.2 Å². The molecule has 0 radical (unpaired) electrons. The first-order chi connectivity index (χ1) is 10.5. The normalized spacial score (nSPS) is 17.9. The van der Waals surface area contributed by atoms with Crippen LogP contribution in [0.15, 0.2) is 24.3 Å². The Kier molecular flexibility index (Phi) is 5.80. The van der Waals surface area contributed by atoms with Crippen molar-refractivity contribution in [2.45, 2.75) is 25.8 Å². The summed E-state index contributed by atoms with van der Waals surface area (Å²) in [6, 6.07) is 7.38. The molecule has 5 nitrogen and oxygen atoms in total. The molecule has 1 aliphatic heterocycles. The third-order valence-electron chi connectivity index (χ3n) is 4.10. The van der Waals surface area contributed by atoms with E-state index in [9.17, 15) is 9.59 Å². The number of hydrogen-bond acceptors (Lipinski definition) is 3. The summed E-state index contributed by atoms with van der Waals surface area (Å²) in [6.45, 7) is 3.76. The van der Waals surface area contributed by atoms with Crippen LogP contribution in [0.3, 0.4) is 0 Å². The molecule has 2 amide bonds. The van der Waals surface area contributed by atoms with Crippen LogP contribution in [-0.4, -0.2) is 36.3 Å². The quantitative estimate of drug-likeness (QED) is 0.866. The zero-order valence-corrected chi connectivity index (χ0v) is 13.5. The number of benzene rings is 1. The highest BCUT2D eigenvalue weighted by molar-refractivity contribution is 6.30. The molecule has 2 rings (SSSR count). The van der Waals surface area contributed by atoms with Crippen molar-refractivity contribution in [1.29, 1.82) is 0 Å². The van der Waals surface area contributed by atoms with Gasteiger partial charge in [0.05, 0.1) is 12.6 Å². The fraction of sp³-hybridized carbons (Fsp3) is 0.500. The Balaban J connectivity index is 1.78. The molecule has 6 heteroatoms. The third-order valence-corrected chi connectivity index (χ3v) is 4.36. The van der Waals surface area contributed by atoms with Gasteiger partial charge in [0.25, 0.3) is 0 Å². The molecule has 1 saturated heterocycles. The monoisotopic (exact) mass is 323 g/mol. The summed E-state index contributed by atoms with van der Waals surface area (Å²) in [5.74, 6) is -0.298. The van der Waals surface area contributed by atoms with Gasteiger partial charge < -0.3 is 11.1 Å². The Morgan fingerprint density at radius 1 is 1.32 bits per heavy atom. The van der Waals surface area contributed by atoms with Gasteiger partial charge >= 0.3 is 0 Å². The van der Waals surface area contributed by atoms with E-state index in [1.165, 1.54) is 0 Å². The molecule has 0 aliphatic carbocycles. The molecular formula is C16H22ClN3O2. The smallest absolute Gasteiger partial charge is 0.234 e. The number of nitrogens with one attached hydrogen (secondary N) is 1. The molecule has 120 valence electrons. The predicted octanol–water partition coefficient (Wildman–Crippen LogP) is 1.71. The number of carbonyl (C=O) groups excluding carboxylic acids is 2. The van der Waals surface area contributed by atoms with E-state index in [2.05, 4.69) is 10.2 Å². The third kappa shape index (κ3) is 4.71. The molecule has 0 saturated carbocycles. The van der Waals surface area contributed by atoms with Gasteiger partial charge in [-0.15, -0.1) is 0 Å². The highest BCUT2D eigenvalue weighted by Gasteiger charge is 2.24. The van der Waals surface area contributed by atoms with Crippen LogP contribution >= 0.6 is 11.6 Å². The van der Waals surface area contributed by atoms with Crippen LogP contribution in [0.25, 0.3) is 0 Å². The number of nitrogens with two attached hydrogens (primary N) is 1. The zero-order valence-electron chi connectivity index (χ0n) is 12.7. The van der Waals surface area contributed by atoms with E-state index < -0.39 is 0 Å². The molecule has 3 N–H and O–H groups in total. The van der Waals surface area contributed by atoms with Gasteiger partial charge in [-0.25, -0.2) is 0 Å². The summed E-state index contributed by atoms with van der Waals surface area (Å²) in [4.78, 5) is 25.3. The van der Waals surface area contributed by atoms with Crippen molar-refractivity contribution in [3.63, 3.8) is 0 Å². The van der Waals surface area contributed by atoms with Crippen LogP contribution in [0.4, 0.5) is 0 Å². The largest absolute Gasteiger partial charge is 0.369 e. The summed E-state index contributed by atoms with van der Waals surface area (Å²) in [5, 5.41) is 3.66. The van der Waals surface area contributed by atoms with Crippen LogP contribution < -0.4 is 11.1 Å². The first kappa shape index (κ1) is 16.8. The lowest BCUT2D eigenvalue weighted by Gasteiger charge is -2.30. The second-order valence-corrected chi connectivity index (χ2v) is 6.23. The minimum Gasteiger partial charge on any atom is -0.369 e. The molecule has 0 unspecified atom stereocenters. The van der Waals surface area contributed by atoms with Crippen molar-refractivity contribution in [3.8, 4) is 0 Å². The van der Waals surface area contributed by atoms with Crippen molar-refractivity contribution in [1.82, 2.24) is 10.2 Å². The van der Waals surface area contributed by atoms with Crippen LogP contribution in [0.1, 0.15) is 31.4 Å². The average Bonchev–Trinajstić information content (AvgIpc) is 2.48. The van der Waals surface area contributed by atoms with E-state index >= 15 is 0 Å². The molecule has 0 spiro atoms. The summed E-state index contributed by atoms with van der Waals surface area (Å²) < 4.78 is 0. The van der Waals surface area contributed by atoms with Crippen molar-refractivity contribution in [3.05, 3.63) is 34.9 Å². The van der Waals surface area contributed by atoms with Gasteiger partial charge in [-0.2, -0.15) is 0 Å². The van der Waals surface area contributed by atoms with Crippen LogP contribution in [0.2, 0.25) is 5.02 Å². The van der Waals surface area contributed by atoms with E-state index in [4.69, 9.17) is 17.3 Å². The number of carbonyl (C=O) groups is 2. The second-order valence-electron chi connectivity index (χ2n) is 5.79. The zero-order chi connectivity index (χ0) is 16.1.